The van der Waals surface area contributed by atoms with Gasteiger partial charge in [0, 0.05) is 37.3 Å². The fourth-order valence-electron chi connectivity index (χ4n) is 4.14. The summed E-state index contributed by atoms with van der Waals surface area (Å²) in [5.74, 6) is 0.716. The van der Waals surface area contributed by atoms with Gasteiger partial charge in [0.05, 0.1) is 29.3 Å². The largest absolute Gasteiger partial charge is 0.493 e. The van der Waals surface area contributed by atoms with E-state index in [-0.39, 0.29) is 4.90 Å². The Bertz CT molecular complexity index is 1400. The standard InChI is InChI=1S/C25H29N3O5S2/c1-4-13-28-20-16-21(32-2)22(33-3)17-23(20)34-25(28)26-24(29)18-9-11-19(12-10-18)35(30,31)27-14-7-5-6-8-15-27/h4,9-12,16-17H,1,5-8,13-15H2,2-3H3. The number of aromatic nitrogens is 1. The highest BCUT2D eigenvalue weighted by Gasteiger charge is 2.25. The van der Waals surface area contributed by atoms with E-state index in [4.69, 9.17) is 9.47 Å². The zero-order valence-corrected chi connectivity index (χ0v) is 21.5. The Morgan fingerprint density at radius 2 is 1.69 bits per heavy atom. The first-order valence-corrected chi connectivity index (χ1v) is 13.7. The van der Waals surface area contributed by atoms with Gasteiger partial charge in [-0.2, -0.15) is 9.30 Å². The van der Waals surface area contributed by atoms with Crippen LogP contribution in [-0.2, 0) is 16.6 Å². The summed E-state index contributed by atoms with van der Waals surface area (Å²) >= 11 is 1.35. The van der Waals surface area contributed by atoms with Gasteiger partial charge in [-0.3, -0.25) is 4.79 Å². The van der Waals surface area contributed by atoms with Crippen LogP contribution in [0.25, 0.3) is 10.2 Å². The fourth-order valence-corrected chi connectivity index (χ4v) is 6.70. The molecule has 0 N–H and O–H groups in total. The van der Waals surface area contributed by atoms with E-state index < -0.39 is 15.9 Å². The number of rotatable bonds is 7. The lowest BCUT2D eigenvalue weighted by atomic mass is 10.2. The number of methoxy groups -OCH3 is 2. The lowest BCUT2D eigenvalue weighted by Crippen LogP contribution is -2.31. The van der Waals surface area contributed by atoms with Gasteiger partial charge in [0.25, 0.3) is 5.91 Å². The molecule has 186 valence electrons. The molecule has 1 aromatic heterocycles. The Balaban J connectivity index is 1.67. The lowest BCUT2D eigenvalue weighted by molar-refractivity contribution is 0.0997. The van der Waals surface area contributed by atoms with Crippen LogP contribution < -0.4 is 14.3 Å². The number of allylic oxidation sites excluding steroid dienone is 1. The van der Waals surface area contributed by atoms with E-state index in [0.717, 1.165) is 35.9 Å². The highest BCUT2D eigenvalue weighted by Crippen LogP contribution is 2.33. The number of hydrogen-bond donors (Lipinski definition) is 0. The molecule has 1 aliphatic heterocycles. The smallest absolute Gasteiger partial charge is 0.279 e. The average Bonchev–Trinajstić information content (AvgIpc) is 3.03. The van der Waals surface area contributed by atoms with Gasteiger partial charge in [0.15, 0.2) is 16.3 Å². The number of ether oxygens (including phenoxy) is 2. The minimum absolute atomic E-state index is 0.193. The predicted octanol–water partition coefficient (Wildman–Crippen LogP) is 4.21. The molecule has 3 aromatic rings. The van der Waals surface area contributed by atoms with Crippen molar-refractivity contribution in [3.8, 4) is 11.5 Å². The number of carbonyl (C=O) groups excluding carboxylic acids is 1. The van der Waals surface area contributed by atoms with Crippen LogP contribution >= 0.6 is 11.3 Å². The molecule has 0 spiro atoms. The van der Waals surface area contributed by atoms with E-state index in [9.17, 15) is 13.2 Å². The Labute approximate surface area is 209 Å². The van der Waals surface area contributed by atoms with E-state index in [1.165, 1.54) is 35.6 Å². The number of hydrogen-bond acceptors (Lipinski definition) is 6. The lowest BCUT2D eigenvalue weighted by Gasteiger charge is -2.19. The van der Waals surface area contributed by atoms with Gasteiger partial charge in [-0.15, -0.1) is 6.58 Å². The van der Waals surface area contributed by atoms with Gasteiger partial charge in [0.1, 0.15) is 0 Å². The molecule has 1 saturated heterocycles. The molecular formula is C25H29N3O5S2. The normalized spacial score (nSPS) is 15.7. The van der Waals surface area contributed by atoms with Crippen LogP contribution in [0.5, 0.6) is 11.5 Å². The van der Waals surface area contributed by atoms with Gasteiger partial charge < -0.3 is 14.0 Å². The quantitative estimate of drug-likeness (QED) is 0.440. The van der Waals surface area contributed by atoms with Crippen LogP contribution in [0.4, 0.5) is 0 Å². The van der Waals surface area contributed by atoms with E-state index in [0.29, 0.717) is 41.5 Å². The molecule has 1 fully saturated rings. The molecule has 35 heavy (non-hydrogen) atoms. The molecular weight excluding hydrogens is 486 g/mol. The van der Waals surface area contributed by atoms with Gasteiger partial charge in [-0.1, -0.05) is 30.3 Å². The molecule has 8 nitrogen and oxygen atoms in total. The fraction of sp³-hybridized carbons (Fsp3) is 0.360. The highest BCUT2D eigenvalue weighted by atomic mass is 32.2. The molecule has 0 unspecified atom stereocenters. The SMILES string of the molecule is C=CCn1c(=NC(=O)c2ccc(S(=O)(=O)N3CCCCCC3)cc2)sc2cc(OC)c(OC)cc21. The van der Waals surface area contributed by atoms with Crippen LogP contribution in [0, 0.1) is 0 Å². The Hall–Kier alpha value is -2.95. The maximum Gasteiger partial charge on any atom is 0.279 e. The molecule has 0 atom stereocenters. The van der Waals surface area contributed by atoms with Crippen molar-refractivity contribution >= 4 is 37.5 Å². The first-order chi connectivity index (χ1) is 16.9. The molecule has 2 aromatic carbocycles. The second kappa shape index (κ2) is 10.8. The van der Waals surface area contributed by atoms with Crippen LogP contribution in [0.1, 0.15) is 36.0 Å². The van der Waals surface area contributed by atoms with Crippen molar-refractivity contribution in [2.75, 3.05) is 27.3 Å². The minimum Gasteiger partial charge on any atom is -0.493 e. The third kappa shape index (κ3) is 5.19. The van der Waals surface area contributed by atoms with Crippen molar-refractivity contribution in [3.05, 3.63) is 59.4 Å². The van der Waals surface area contributed by atoms with Crippen LogP contribution in [0.15, 0.2) is 58.9 Å². The molecule has 10 heteroatoms. The van der Waals surface area contributed by atoms with E-state index >= 15 is 0 Å². The van der Waals surface area contributed by atoms with Crippen LogP contribution in [0.3, 0.4) is 0 Å². The Morgan fingerprint density at radius 3 is 2.29 bits per heavy atom. The zero-order valence-electron chi connectivity index (χ0n) is 19.9. The molecule has 4 rings (SSSR count). The van der Waals surface area contributed by atoms with Crippen molar-refractivity contribution in [3.63, 3.8) is 0 Å². The first-order valence-electron chi connectivity index (χ1n) is 11.4. The minimum atomic E-state index is -3.58. The topological polar surface area (TPSA) is 90.2 Å². The van der Waals surface area contributed by atoms with E-state index in [1.807, 2.05) is 16.7 Å². The molecule has 0 saturated carbocycles. The molecule has 0 bridgehead atoms. The number of benzene rings is 2. The Kier molecular flexibility index (Phi) is 7.73. The molecule has 2 heterocycles. The average molecular weight is 516 g/mol. The van der Waals surface area contributed by atoms with Crippen molar-refractivity contribution in [1.82, 2.24) is 8.87 Å². The highest BCUT2D eigenvalue weighted by molar-refractivity contribution is 7.89. The number of sulfonamides is 1. The number of amides is 1. The molecule has 0 aliphatic carbocycles. The summed E-state index contributed by atoms with van der Waals surface area (Å²) in [6, 6.07) is 9.72. The van der Waals surface area contributed by atoms with Crippen molar-refractivity contribution < 1.29 is 22.7 Å². The van der Waals surface area contributed by atoms with E-state index in [2.05, 4.69) is 11.6 Å². The van der Waals surface area contributed by atoms with Gasteiger partial charge in [-0.25, -0.2) is 8.42 Å². The zero-order chi connectivity index (χ0) is 25.0. The second-order valence-electron chi connectivity index (χ2n) is 8.22. The Morgan fingerprint density at radius 1 is 1.06 bits per heavy atom. The monoisotopic (exact) mass is 515 g/mol. The summed E-state index contributed by atoms with van der Waals surface area (Å²) in [5, 5.41) is 0. The summed E-state index contributed by atoms with van der Waals surface area (Å²) in [4.78, 5) is 18.0. The van der Waals surface area contributed by atoms with Gasteiger partial charge in [-0.05, 0) is 37.1 Å². The molecule has 1 aliphatic rings. The van der Waals surface area contributed by atoms with Crippen molar-refractivity contribution in [2.45, 2.75) is 37.1 Å². The summed E-state index contributed by atoms with van der Waals surface area (Å²) in [6.07, 6.45) is 5.56. The van der Waals surface area contributed by atoms with Gasteiger partial charge >= 0.3 is 0 Å². The third-order valence-electron chi connectivity index (χ3n) is 6.00. The molecule has 1 amide bonds. The maximum atomic E-state index is 13.0. The third-order valence-corrected chi connectivity index (χ3v) is 8.96. The number of nitrogens with zero attached hydrogens (tertiary/aromatic N) is 3. The van der Waals surface area contributed by atoms with Crippen LogP contribution in [0.2, 0.25) is 0 Å². The second-order valence-corrected chi connectivity index (χ2v) is 11.2. The van der Waals surface area contributed by atoms with Crippen molar-refractivity contribution in [1.29, 1.82) is 0 Å². The molecule has 0 radical (unpaired) electrons. The van der Waals surface area contributed by atoms with E-state index in [1.54, 1.807) is 24.6 Å². The van der Waals surface area contributed by atoms with Gasteiger partial charge in [0.2, 0.25) is 10.0 Å². The van der Waals surface area contributed by atoms with Crippen LogP contribution in [-0.4, -0.2) is 50.5 Å². The summed E-state index contributed by atoms with van der Waals surface area (Å²) in [7, 11) is -0.438. The number of thiazole rings is 1. The van der Waals surface area contributed by atoms with Crippen molar-refractivity contribution in [2.24, 2.45) is 4.99 Å². The summed E-state index contributed by atoms with van der Waals surface area (Å²) < 4.78 is 41.2. The number of carbonyl (C=O) groups is 1. The first kappa shape index (κ1) is 25.2. The maximum absolute atomic E-state index is 13.0. The summed E-state index contributed by atoms with van der Waals surface area (Å²) in [5.41, 5.74) is 1.16. The predicted molar refractivity (Wildman–Crippen MR) is 137 cm³/mol. The number of fused-ring (bicyclic) bond motifs is 1. The summed E-state index contributed by atoms with van der Waals surface area (Å²) in [6.45, 7) is 5.33.